The quantitative estimate of drug-likeness (QED) is 0.368. The first-order valence-electron chi connectivity index (χ1n) is 1.63. The molecule has 0 saturated carbocycles. The Morgan fingerprint density at radius 2 is 2.43 bits per heavy atom. The Bertz CT molecular complexity index is 116. The second kappa shape index (κ2) is 2.47. The van der Waals surface area contributed by atoms with Crippen molar-refractivity contribution in [2.45, 2.75) is 0 Å². The Labute approximate surface area is 46.8 Å². The summed E-state index contributed by atoms with van der Waals surface area (Å²) in [6.07, 6.45) is 3.00. The van der Waals surface area contributed by atoms with E-state index in [0.717, 1.165) is 0 Å². The molecule has 0 amide bonds. The lowest BCUT2D eigenvalue weighted by Gasteiger charge is -1.60. The average Bonchev–Trinajstić information content (AvgIpc) is 1.86. The third kappa shape index (κ3) is 1.45. The van der Waals surface area contributed by atoms with Crippen LogP contribution in [0.5, 0.6) is 5.88 Å². The van der Waals surface area contributed by atoms with Gasteiger partial charge in [-0.1, -0.05) is 0 Å². The minimum atomic E-state index is 0. The van der Waals surface area contributed by atoms with E-state index in [-0.39, 0.29) is 18.3 Å². The van der Waals surface area contributed by atoms with Crippen molar-refractivity contribution >= 4 is 0 Å². The van der Waals surface area contributed by atoms with Gasteiger partial charge in [0.25, 0.3) is 0 Å². The summed E-state index contributed by atoms with van der Waals surface area (Å²) in [4.78, 5) is 5.12. The summed E-state index contributed by atoms with van der Waals surface area (Å²) in [5, 5.41) is 8.39. The van der Waals surface area contributed by atoms with Crippen molar-refractivity contribution < 1.29 is 22.5 Å². The lowest BCUT2D eigenvalue weighted by Crippen LogP contribution is -3.00. The van der Waals surface area contributed by atoms with Crippen LogP contribution in [0.3, 0.4) is 0 Å². The molecule has 4 heteroatoms. The van der Waals surface area contributed by atoms with Crippen LogP contribution in [0.1, 0.15) is 0 Å². The molecule has 40 valence electrons. The number of hydrogen-bond acceptors (Lipinski definition) is 1. The van der Waals surface area contributed by atoms with Crippen LogP contribution < -0.4 is 17.4 Å². The first-order chi connectivity index (χ1) is 2.89. The molecule has 0 aliphatic heterocycles. The van der Waals surface area contributed by atoms with Gasteiger partial charge in [-0.15, -0.1) is 0 Å². The van der Waals surface area contributed by atoms with Crippen molar-refractivity contribution in [1.82, 2.24) is 4.98 Å². The number of H-pyrrole nitrogens is 2. The fourth-order valence-electron chi connectivity index (χ4n) is 0.278. The maximum atomic E-state index is 8.39. The summed E-state index contributed by atoms with van der Waals surface area (Å²) in [7, 11) is 0. The van der Waals surface area contributed by atoms with E-state index in [1.807, 2.05) is 0 Å². The van der Waals surface area contributed by atoms with Crippen molar-refractivity contribution in [3.05, 3.63) is 12.5 Å². The molecule has 0 spiro atoms. The largest absolute Gasteiger partial charge is 1.00 e. The zero-order valence-corrected chi connectivity index (χ0v) is 4.24. The topological polar surface area (TPSA) is 50.2 Å². The van der Waals surface area contributed by atoms with Crippen LogP contribution in [0.25, 0.3) is 0 Å². The average molecular weight is 121 g/mol. The van der Waals surface area contributed by atoms with Crippen molar-refractivity contribution in [2.75, 3.05) is 0 Å². The third-order valence-corrected chi connectivity index (χ3v) is 0.523. The van der Waals surface area contributed by atoms with Gasteiger partial charge in [-0.25, -0.2) is 9.97 Å². The second-order valence-corrected chi connectivity index (χ2v) is 0.985. The molecule has 7 heavy (non-hydrogen) atoms. The summed E-state index contributed by atoms with van der Waals surface area (Å²) >= 11 is 0. The Morgan fingerprint density at radius 3 is 2.57 bits per heavy atom. The maximum absolute atomic E-state index is 8.39. The van der Waals surface area contributed by atoms with E-state index < -0.39 is 0 Å². The van der Waals surface area contributed by atoms with Crippen LogP contribution in [0, 0.1) is 0 Å². The number of nitrogens with one attached hydrogen (secondary N) is 2. The lowest BCUT2D eigenvalue weighted by atomic mass is 10.9. The van der Waals surface area contributed by atoms with Gasteiger partial charge in [0.2, 0.25) is 6.33 Å². The van der Waals surface area contributed by atoms with Gasteiger partial charge >= 0.3 is 5.88 Å². The van der Waals surface area contributed by atoms with Gasteiger partial charge in [-0.05, 0) is 0 Å². The predicted octanol–water partition coefficient (Wildman–Crippen LogP) is -3.46. The normalized spacial score (nSPS) is 7.43. The Balaban J connectivity index is 0.000000360. The maximum Gasteiger partial charge on any atom is 0.319 e. The molecule has 0 aromatic carbocycles. The fraction of sp³-hybridized carbons (Fsp3) is 0. The minimum absolute atomic E-state index is 0. The molecule has 3 nitrogen and oxygen atoms in total. The van der Waals surface area contributed by atoms with Crippen molar-refractivity contribution in [1.29, 1.82) is 0 Å². The monoisotopic (exact) mass is 120 g/mol. The number of rotatable bonds is 0. The summed E-state index contributed by atoms with van der Waals surface area (Å²) in [6.45, 7) is 0. The standard InChI is InChI=1S/C3H4N2O.ClH/c6-3-1-4-2-5-3;/h1-2,6H,(H,4,5);1H. The Morgan fingerprint density at radius 1 is 1.71 bits per heavy atom. The van der Waals surface area contributed by atoms with Crippen LogP contribution in [-0.2, 0) is 0 Å². The molecular weight excluding hydrogens is 115 g/mol. The molecule has 1 aromatic rings. The highest BCUT2D eigenvalue weighted by molar-refractivity contribution is 4.91. The number of hydrogen-bond donors (Lipinski definition) is 2. The van der Waals surface area contributed by atoms with E-state index in [1.54, 1.807) is 0 Å². The lowest BCUT2D eigenvalue weighted by molar-refractivity contribution is -0.376. The molecular formula is C3H5ClN2O. The third-order valence-electron chi connectivity index (χ3n) is 0.523. The highest BCUT2D eigenvalue weighted by atomic mass is 35.5. The first-order valence-corrected chi connectivity index (χ1v) is 1.63. The van der Waals surface area contributed by atoms with Gasteiger partial charge in [0.05, 0.1) is 0 Å². The van der Waals surface area contributed by atoms with Crippen LogP contribution >= 0.6 is 0 Å². The van der Waals surface area contributed by atoms with E-state index in [0.29, 0.717) is 0 Å². The first kappa shape index (κ1) is 6.30. The summed E-state index contributed by atoms with van der Waals surface area (Å²) in [5.41, 5.74) is 0. The smallest absolute Gasteiger partial charge is 0.319 e. The highest BCUT2D eigenvalue weighted by Gasteiger charge is 1.86. The van der Waals surface area contributed by atoms with Crippen LogP contribution in [0.15, 0.2) is 12.5 Å². The fourth-order valence-corrected chi connectivity index (χ4v) is 0.278. The van der Waals surface area contributed by atoms with E-state index in [4.69, 9.17) is 5.11 Å². The highest BCUT2D eigenvalue weighted by Crippen LogP contribution is 1.89. The summed E-state index contributed by atoms with van der Waals surface area (Å²) in [6, 6.07) is 0. The van der Waals surface area contributed by atoms with Crippen molar-refractivity contribution in [2.24, 2.45) is 0 Å². The molecule has 0 saturated heterocycles. The van der Waals surface area contributed by atoms with E-state index in [2.05, 4.69) is 9.97 Å². The molecule has 1 rings (SSSR count). The van der Waals surface area contributed by atoms with Gasteiger partial charge < -0.3 is 17.5 Å². The molecule has 0 aliphatic carbocycles. The SMILES string of the molecule is Oc1c[nH+]c[nH]1.[Cl-]. The molecule has 0 bridgehead atoms. The molecule has 1 heterocycles. The molecule has 1 aromatic heterocycles. The molecule has 0 aliphatic rings. The van der Waals surface area contributed by atoms with Gasteiger partial charge in [-0.3, -0.25) is 0 Å². The number of halogens is 1. The summed E-state index contributed by atoms with van der Waals surface area (Å²) in [5.74, 6) is 0.162. The van der Waals surface area contributed by atoms with Gasteiger partial charge in [0.15, 0.2) is 6.20 Å². The van der Waals surface area contributed by atoms with E-state index in [1.165, 1.54) is 12.5 Å². The molecule has 0 radical (unpaired) electrons. The van der Waals surface area contributed by atoms with E-state index >= 15 is 0 Å². The van der Waals surface area contributed by atoms with Gasteiger partial charge in [-0.2, -0.15) is 0 Å². The number of aromatic nitrogens is 2. The number of imidazole rings is 1. The zero-order chi connectivity index (χ0) is 4.41. The van der Waals surface area contributed by atoms with Gasteiger partial charge in [0.1, 0.15) is 0 Å². The van der Waals surface area contributed by atoms with Crippen LogP contribution in [-0.4, -0.2) is 10.1 Å². The predicted molar refractivity (Wildman–Crippen MR) is 19.0 cm³/mol. The molecule has 3 N–H and O–H groups in total. The molecule has 0 fully saturated rings. The van der Waals surface area contributed by atoms with Crippen LogP contribution in [0.2, 0.25) is 0 Å². The zero-order valence-electron chi connectivity index (χ0n) is 3.48. The van der Waals surface area contributed by atoms with Crippen molar-refractivity contribution in [3.8, 4) is 5.88 Å². The number of aromatic amines is 2. The molecule has 0 unspecified atom stereocenters. The van der Waals surface area contributed by atoms with Crippen LogP contribution in [0.4, 0.5) is 0 Å². The minimum Gasteiger partial charge on any atom is -1.00 e. The molecule has 0 atom stereocenters. The Kier molecular flexibility index (Phi) is 2.22. The summed E-state index contributed by atoms with van der Waals surface area (Å²) < 4.78 is 0. The van der Waals surface area contributed by atoms with Crippen molar-refractivity contribution in [3.63, 3.8) is 0 Å². The second-order valence-electron chi connectivity index (χ2n) is 0.985. The Hall–Kier alpha value is -0.700. The van der Waals surface area contributed by atoms with Gasteiger partial charge in [0, 0.05) is 0 Å². The number of aromatic hydroxyl groups is 1. The van der Waals surface area contributed by atoms with E-state index in [9.17, 15) is 0 Å².